The molecule has 0 N–H and O–H groups in total. The molecule has 0 aromatic heterocycles. The molecule has 0 nitrogen and oxygen atoms in total. The number of fused-ring (bicyclic) bond motifs is 5. The molecule has 0 aliphatic heterocycles. The van der Waals surface area contributed by atoms with E-state index in [0.717, 1.165) is 35.5 Å². The Balaban J connectivity index is 0.000000631. The molecule has 3 fully saturated rings. The summed E-state index contributed by atoms with van der Waals surface area (Å²) in [5.41, 5.74) is 3.60. The van der Waals surface area contributed by atoms with E-state index in [1.54, 1.807) is 0 Å². The molecule has 4 aliphatic carbocycles. The van der Waals surface area contributed by atoms with E-state index in [2.05, 4.69) is 68.4 Å². The zero-order chi connectivity index (χ0) is 27.9. The molecule has 226 valence electrons. The predicted octanol–water partition coefficient (Wildman–Crippen LogP) is 13.3. The minimum atomic E-state index is 0. The average molecular weight is 531 g/mol. The summed E-state index contributed by atoms with van der Waals surface area (Å²) in [6.07, 6.45) is 24.5. The Bertz CT molecular complexity index is 679. The zero-order valence-corrected chi connectivity index (χ0v) is 27.6. The van der Waals surface area contributed by atoms with Crippen molar-refractivity contribution in [3.05, 3.63) is 11.6 Å². The second-order valence-electron chi connectivity index (χ2n) is 15.5. The standard InChI is InChI=1S/C28H48.C7H16.C2H6.CH4/c1-20-14-17-28(6)22(19-20)10-12-23-24-13-11-21(9-7-8-16-26(2,3)4)27(24,5)18-15-25(23)28;1-4-6-7(3)5-2;1-2;/h10,20-21,23-25H,7-9,11-19H2,1-6H3;7H,4-6H2,1-3H3;1-2H3;1H4. The van der Waals surface area contributed by atoms with Crippen molar-refractivity contribution in [3.8, 4) is 0 Å². The number of rotatable bonds is 7. The van der Waals surface area contributed by atoms with Crippen LogP contribution in [0.3, 0.4) is 0 Å². The summed E-state index contributed by atoms with van der Waals surface area (Å²) in [6, 6.07) is 0. The molecule has 0 aromatic rings. The lowest BCUT2D eigenvalue weighted by Crippen LogP contribution is -2.49. The molecule has 0 amide bonds. The highest BCUT2D eigenvalue weighted by atomic mass is 14.6. The molecule has 4 aliphatic rings. The van der Waals surface area contributed by atoms with Crippen LogP contribution < -0.4 is 0 Å². The molecular formula is C38H74. The molecule has 38 heavy (non-hydrogen) atoms. The van der Waals surface area contributed by atoms with Gasteiger partial charge in [-0.05, 0) is 116 Å². The van der Waals surface area contributed by atoms with Crippen LogP contribution in [0.5, 0.6) is 0 Å². The summed E-state index contributed by atoms with van der Waals surface area (Å²) in [4.78, 5) is 0. The second kappa shape index (κ2) is 15.7. The monoisotopic (exact) mass is 531 g/mol. The van der Waals surface area contributed by atoms with Crippen LogP contribution in [-0.2, 0) is 0 Å². The highest BCUT2D eigenvalue weighted by molar-refractivity contribution is 5.25. The number of hydrogen-bond donors (Lipinski definition) is 0. The minimum Gasteiger partial charge on any atom is -0.0845 e. The Morgan fingerprint density at radius 1 is 0.947 bits per heavy atom. The molecule has 0 bridgehead atoms. The van der Waals surface area contributed by atoms with Gasteiger partial charge in [0, 0.05) is 0 Å². The van der Waals surface area contributed by atoms with Gasteiger partial charge in [-0.15, -0.1) is 0 Å². The Morgan fingerprint density at radius 2 is 1.63 bits per heavy atom. The molecule has 3 saturated carbocycles. The lowest BCUT2D eigenvalue weighted by Gasteiger charge is -2.58. The number of allylic oxidation sites excluding steroid dienone is 2. The van der Waals surface area contributed by atoms with Crippen molar-refractivity contribution in [2.45, 2.75) is 180 Å². The third-order valence-electron chi connectivity index (χ3n) is 11.8. The molecule has 0 saturated heterocycles. The predicted molar refractivity (Wildman–Crippen MR) is 175 cm³/mol. The first-order chi connectivity index (χ1) is 17.4. The summed E-state index contributed by atoms with van der Waals surface area (Å²) in [7, 11) is 0. The lowest BCUT2D eigenvalue weighted by atomic mass is 9.47. The van der Waals surface area contributed by atoms with Crippen LogP contribution in [0.2, 0.25) is 0 Å². The molecule has 0 radical (unpaired) electrons. The van der Waals surface area contributed by atoms with Gasteiger partial charge in [0.25, 0.3) is 0 Å². The quantitative estimate of drug-likeness (QED) is 0.227. The first-order valence-electron chi connectivity index (χ1n) is 17.1. The Morgan fingerprint density at radius 3 is 2.21 bits per heavy atom. The Hall–Kier alpha value is -0.260. The van der Waals surface area contributed by atoms with E-state index in [9.17, 15) is 0 Å². The van der Waals surface area contributed by atoms with Crippen LogP contribution in [0.1, 0.15) is 180 Å². The van der Waals surface area contributed by atoms with Gasteiger partial charge in [0.2, 0.25) is 0 Å². The second-order valence-corrected chi connectivity index (χ2v) is 15.5. The number of hydrogen-bond acceptors (Lipinski definition) is 0. The van der Waals surface area contributed by atoms with Gasteiger partial charge in [-0.1, -0.05) is 127 Å². The van der Waals surface area contributed by atoms with Crippen molar-refractivity contribution in [1.29, 1.82) is 0 Å². The Labute approximate surface area is 243 Å². The molecule has 0 aromatic carbocycles. The highest BCUT2D eigenvalue weighted by Gasteiger charge is 2.58. The van der Waals surface area contributed by atoms with Crippen molar-refractivity contribution in [1.82, 2.24) is 0 Å². The third kappa shape index (κ3) is 8.62. The fourth-order valence-electron chi connectivity index (χ4n) is 9.17. The van der Waals surface area contributed by atoms with Gasteiger partial charge in [-0.2, -0.15) is 0 Å². The molecule has 0 heterocycles. The van der Waals surface area contributed by atoms with Crippen LogP contribution in [0, 0.1) is 51.8 Å². The van der Waals surface area contributed by atoms with Gasteiger partial charge in [0.15, 0.2) is 0 Å². The maximum absolute atomic E-state index is 2.75. The highest BCUT2D eigenvalue weighted by Crippen LogP contribution is 2.67. The fraction of sp³-hybridized carbons (Fsp3) is 0.947. The van der Waals surface area contributed by atoms with E-state index >= 15 is 0 Å². The van der Waals surface area contributed by atoms with E-state index in [0.29, 0.717) is 16.2 Å². The molecular weight excluding hydrogens is 456 g/mol. The minimum absolute atomic E-state index is 0. The fourth-order valence-corrected chi connectivity index (χ4v) is 9.17. The largest absolute Gasteiger partial charge is 0.0845 e. The van der Waals surface area contributed by atoms with Crippen LogP contribution in [0.15, 0.2) is 11.6 Å². The summed E-state index contributed by atoms with van der Waals surface area (Å²) >= 11 is 0. The first kappa shape index (κ1) is 35.8. The van der Waals surface area contributed by atoms with Crippen LogP contribution in [0.4, 0.5) is 0 Å². The topological polar surface area (TPSA) is 0 Å². The van der Waals surface area contributed by atoms with E-state index in [4.69, 9.17) is 0 Å². The first-order valence-corrected chi connectivity index (χ1v) is 17.1. The van der Waals surface area contributed by atoms with Gasteiger partial charge in [0.05, 0.1) is 0 Å². The van der Waals surface area contributed by atoms with Crippen LogP contribution in [-0.4, -0.2) is 0 Å². The van der Waals surface area contributed by atoms with Crippen LogP contribution in [0.25, 0.3) is 0 Å². The lowest BCUT2D eigenvalue weighted by molar-refractivity contribution is -0.0451. The van der Waals surface area contributed by atoms with Gasteiger partial charge in [-0.3, -0.25) is 0 Å². The maximum Gasteiger partial charge on any atom is -0.00851 e. The van der Waals surface area contributed by atoms with E-state index in [1.165, 1.54) is 96.3 Å². The van der Waals surface area contributed by atoms with Crippen molar-refractivity contribution in [3.63, 3.8) is 0 Å². The van der Waals surface area contributed by atoms with E-state index in [1.807, 2.05) is 19.4 Å². The smallest absolute Gasteiger partial charge is 0.00851 e. The van der Waals surface area contributed by atoms with Gasteiger partial charge in [0.1, 0.15) is 0 Å². The summed E-state index contributed by atoms with van der Waals surface area (Å²) < 4.78 is 0. The Kier molecular flexibility index (Phi) is 14.7. The van der Waals surface area contributed by atoms with Crippen LogP contribution >= 0.6 is 0 Å². The maximum atomic E-state index is 2.75. The van der Waals surface area contributed by atoms with E-state index < -0.39 is 0 Å². The van der Waals surface area contributed by atoms with Gasteiger partial charge >= 0.3 is 0 Å². The zero-order valence-electron chi connectivity index (χ0n) is 27.6. The third-order valence-corrected chi connectivity index (χ3v) is 11.8. The molecule has 0 heteroatoms. The number of unbranched alkanes of at least 4 members (excludes halogenated alkanes) is 1. The van der Waals surface area contributed by atoms with Crippen molar-refractivity contribution >= 4 is 0 Å². The summed E-state index contributed by atoms with van der Waals surface area (Å²) in [5, 5.41) is 0. The summed E-state index contributed by atoms with van der Waals surface area (Å²) in [6.45, 7) is 25.9. The normalized spacial score (nSPS) is 36.5. The van der Waals surface area contributed by atoms with Crippen molar-refractivity contribution < 1.29 is 0 Å². The van der Waals surface area contributed by atoms with Crippen molar-refractivity contribution in [2.75, 3.05) is 0 Å². The molecule has 0 spiro atoms. The van der Waals surface area contributed by atoms with E-state index in [-0.39, 0.29) is 7.43 Å². The van der Waals surface area contributed by atoms with Crippen molar-refractivity contribution in [2.24, 2.45) is 51.8 Å². The molecule has 8 atom stereocenters. The molecule has 8 unspecified atom stereocenters. The van der Waals surface area contributed by atoms with Gasteiger partial charge in [-0.25, -0.2) is 0 Å². The SMILES string of the molecule is C.CC.CC1CCC2(C)C(=CCC3C2CCC2(C)C(CCCCC(C)(C)C)CCC32)C1.CCCC(C)CC. The van der Waals surface area contributed by atoms with Gasteiger partial charge < -0.3 is 0 Å². The average Bonchev–Trinajstić information content (AvgIpc) is 3.19. The summed E-state index contributed by atoms with van der Waals surface area (Å²) in [5.74, 6) is 5.91. The molecule has 4 rings (SSSR count).